The van der Waals surface area contributed by atoms with E-state index in [1.54, 1.807) is 19.2 Å². The summed E-state index contributed by atoms with van der Waals surface area (Å²) in [5, 5.41) is 0.652. The molecule has 0 spiro atoms. The molecule has 0 radical (unpaired) electrons. The summed E-state index contributed by atoms with van der Waals surface area (Å²) in [4.78, 5) is 13.5. The second kappa shape index (κ2) is 7.36. The number of hydrogen-bond donors (Lipinski definition) is 0. The lowest BCUT2D eigenvalue weighted by Crippen LogP contribution is -2.26. The van der Waals surface area contributed by atoms with Gasteiger partial charge in [0.25, 0.3) is 0 Å². The van der Waals surface area contributed by atoms with Crippen molar-refractivity contribution in [3.63, 3.8) is 0 Å². The summed E-state index contributed by atoms with van der Waals surface area (Å²) in [6.45, 7) is 0.117. The summed E-state index contributed by atoms with van der Waals surface area (Å²) in [5.74, 6) is -1.37. The number of aryl methyl sites for hydroxylation is 1. The molecule has 2 nitrogen and oxygen atoms in total. The van der Waals surface area contributed by atoms with Crippen LogP contribution in [0.15, 0.2) is 42.5 Å². The molecule has 0 heterocycles. The Kier molecular flexibility index (Phi) is 5.50. The second-order valence-electron chi connectivity index (χ2n) is 5.11. The van der Waals surface area contributed by atoms with Crippen molar-refractivity contribution in [3.05, 3.63) is 70.2 Å². The molecule has 2 aromatic rings. The number of carbonyl (C=O) groups is 1. The Morgan fingerprint density at radius 3 is 2.45 bits per heavy atom. The van der Waals surface area contributed by atoms with E-state index < -0.39 is 11.6 Å². The van der Waals surface area contributed by atoms with Crippen molar-refractivity contribution in [2.75, 3.05) is 7.05 Å². The standard InChI is InChI=1S/C17H16ClF2NO/c1-21(11-13-5-8-15(19)10-16(13)20)17(22)9-4-12-2-6-14(18)7-3-12/h2-3,5-8,10H,4,9,11H2,1H3. The molecule has 0 N–H and O–H groups in total. The first-order valence-electron chi connectivity index (χ1n) is 6.88. The molecule has 0 atom stereocenters. The Morgan fingerprint density at radius 2 is 1.82 bits per heavy atom. The van der Waals surface area contributed by atoms with Crippen LogP contribution in [0.3, 0.4) is 0 Å². The number of rotatable bonds is 5. The van der Waals surface area contributed by atoms with E-state index in [1.165, 1.54) is 17.0 Å². The smallest absolute Gasteiger partial charge is 0.222 e. The van der Waals surface area contributed by atoms with E-state index in [4.69, 9.17) is 11.6 Å². The summed E-state index contributed by atoms with van der Waals surface area (Å²) in [6.07, 6.45) is 0.910. The summed E-state index contributed by atoms with van der Waals surface area (Å²) in [7, 11) is 1.60. The molecule has 0 aliphatic heterocycles. The number of amides is 1. The summed E-state index contributed by atoms with van der Waals surface area (Å²) in [6, 6.07) is 10.7. The van der Waals surface area contributed by atoms with Crippen LogP contribution in [-0.4, -0.2) is 17.9 Å². The second-order valence-corrected chi connectivity index (χ2v) is 5.55. The van der Waals surface area contributed by atoms with Crippen LogP contribution in [-0.2, 0) is 17.8 Å². The molecule has 116 valence electrons. The van der Waals surface area contributed by atoms with Crippen molar-refractivity contribution in [1.82, 2.24) is 4.90 Å². The van der Waals surface area contributed by atoms with E-state index in [9.17, 15) is 13.6 Å². The highest BCUT2D eigenvalue weighted by molar-refractivity contribution is 6.30. The average molecular weight is 324 g/mol. The lowest BCUT2D eigenvalue weighted by Gasteiger charge is -2.17. The van der Waals surface area contributed by atoms with Gasteiger partial charge in [0.15, 0.2) is 0 Å². The van der Waals surface area contributed by atoms with Gasteiger partial charge in [-0.2, -0.15) is 0 Å². The monoisotopic (exact) mass is 323 g/mol. The van der Waals surface area contributed by atoms with E-state index in [0.717, 1.165) is 11.6 Å². The predicted octanol–water partition coefficient (Wildman–Crippen LogP) is 4.21. The van der Waals surface area contributed by atoms with Crippen molar-refractivity contribution >= 4 is 17.5 Å². The van der Waals surface area contributed by atoms with Crippen LogP contribution in [0.1, 0.15) is 17.5 Å². The van der Waals surface area contributed by atoms with Gasteiger partial charge in [-0.15, -0.1) is 0 Å². The van der Waals surface area contributed by atoms with Crippen LogP contribution in [0.2, 0.25) is 5.02 Å². The first kappa shape index (κ1) is 16.4. The van der Waals surface area contributed by atoms with Crippen LogP contribution in [0.5, 0.6) is 0 Å². The molecule has 0 aliphatic rings. The van der Waals surface area contributed by atoms with Crippen molar-refractivity contribution in [1.29, 1.82) is 0 Å². The number of nitrogens with zero attached hydrogens (tertiary/aromatic N) is 1. The Bertz CT molecular complexity index is 658. The van der Waals surface area contributed by atoms with Gasteiger partial charge in [-0.05, 0) is 30.2 Å². The van der Waals surface area contributed by atoms with Gasteiger partial charge in [-0.25, -0.2) is 8.78 Å². The quantitative estimate of drug-likeness (QED) is 0.807. The summed E-state index contributed by atoms with van der Waals surface area (Å²) in [5.41, 5.74) is 1.31. The molecule has 0 aromatic heterocycles. The number of benzene rings is 2. The van der Waals surface area contributed by atoms with Crippen molar-refractivity contribution in [2.45, 2.75) is 19.4 Å². The number of carbonyl (C=O) groups excluding carboxylic acids is 1. The largest absolute Gasteiger partial charge is 0.341 e. The number of hydrogen-bond acceptors (Lipinski definition) is 1. The van der Waals surface area contributed by atoms with E-state index in [2.05, 4.69) is 0 Å². The molecule has 0 fully saturated rings. The van der Waals surface area contributed by atoms with Crippen molar-refractivity contribution in [2.24, 2.45) is 0 Å². The van der Waals surface area contributed by atoms with Crippen molar-refractivity contribution in [3.8, 4) is 0 Å². The van der Waals surface area contributed by atoms with Gasteiger partial charge >= 0.3 is 0 Å². The van der Waals surface area contributed by atoms with Gasteiger partial charge < -0.3 is 4.90 Å². The topological polar surface area (TPSA) is 20.3 Å². The summed E-state index contributed by atoms with van der Waals surface area (Å²) >= 11 is 5.80. The molecule has 0 bridgehead atoms. The summed E-state index contributed by atoms with van der Waals surface area (Å²) < 4.78 is 26.4. The zero-order valence-corrected chi connectivity index (χ0v) is 12.9. The molecular weight excluding hydrogens is 308 g/mol. The maximum Gasteiger partial charge on any atom is 0.222 e. The van der Waals surface area contributed by atoms with Crippen LogP contribution < -0.4 is 0 Å². The van der Waals surface area contributed by atoms with Gasteiger partial charge in [0.1, 0.15) is 11.6 Å². The van der Waals surface area contributed by atoms with Crippen LogP contribution in [0, 0.1) is 11.6 Å². The van der Waals surface area contributed by atoms with Gasteiger partial charge in [0, 0.05) is 36.7 Å². The van der Waals surface area contributed by atoms with E-state index in [1.807, 2.05) is 12.1 Å². The molecule has 2 rings (SSSR count). The molecule has 1 amide bonds. The third-order valence-corrected chi connectivity index (χ3v) is 3.64. The molecule has 2 aromatic carbocycles. The first-order chi connectivity index (χ1) is 10.5. The molecule has 0 saturated carbocycles. The molecule has 5 heteroatoms. The zero-order valence-electron chi connectivity index (χ0n) is 12.2. The third kappa shape index (κ3) is 4.53. The van der Waals surface area contributed by atoms with E-state index in [0.29, 0.717) is 23.4 Å². The molecule has 0 unspecified atom stereocenters. The normalized spacial score (nSPS) is 10.5. The molecule has 22 heavy (non-hydrogen) atoms. The van der Waals surface area contributed by atoms with Gasteiger partial charge in [0.05, 0.1) is 0 Å². The fourth-order valence-electron chi connectivity index (χ4n) is 2.09. The fraction of sp³-hybridized carbons (Fsp3) is 0.235. The van der Waals surface area contributed by atoms with Crippen LogP contribution >= 0.6 is 11.6 Å². The van der Waals surface area contributed by atoms with Gasteiger partial charge in [-0.1, -0.05) is 29.8 Å². The Hall–Kier alpha value is -1.94. The van der Waals surface area contributed by atoms with E-state index >= 15 is 0 Å². The van der Waals surface area contributed by atoms with E-state index in [-0.39, 0.29) is 12.5 Å². The Morgan fingerprint density at radius 1 is 1.14 bits per heavy atom. The highest BCUT2D eigenvalue weighted by Crippen LogP contribution is 2.14. The SMILES string of the molecule is CN(Cc1ccc(F)cc1F)C(=O)CCc1ccc(Cl)cc1. The minimum absolute atomic E-state index is 0.0984. The van der Waals surface area contributed by atoms with Crippen LogP contribution in [0.4, 0.5) is 8.78 Å². The van der Waals surface area contributed by atoms with Crippen molar-refractivity contribution < 1.29 is 13.6 Å². The number of halogens is 3. The predicted molar refractivity (Wildman–Crippen MR) is 82.6 cm³/mol. The highest BCUT2D eigenvalue weighted by atomic mass is 35.5. The third-order valence-electron chi connectivity index (χ3n) is 3.39. The highest BCUT2D eigenvalue weighted by Gasteiger charge is 2.12. The lowest BCUT2D eigenvalue weighted by atomic mass is 10.1. The lowest BCUT2D eigenvalue weighted by molar-refractivity contribution is -0.130. The maximum atomic E-state index is 13.6. The first-order valence-corrected chi connectivity index (χ1v) is 7.26. The van der Waals surface area contributed by atoms with Gasteiger partial charge in [-0.3, -0.25) is 4.79 Å². The average Bonchev–Trinajstić information content (AvgIpc) is 2.49. The molecule has 0 aliphatic carbocycles. The molecule has 0 saturated heterocycles. The van der Waals surface area contributed by atoms with Crippen LogP contribution in [0.25, 0.3) is 0 Å². The minimum Gasteiger partial charge on any atom is -0.341 e. The fourth-order valence-corrected chi connectivity index (χ4v) is 2.21. The van der Waals surface area contributed by atoms with Gasteiger partial charge in [0.2, 0.25) is 5.91 Å². The molecular formula is C17H16ClF2NO. The Balaban J connectivity index is 1.90. The maximum absolute atomic E-state index is 13.6. The Labute approximate surface area is 133 Å². The zero-order chi connectivity index (χ0) is 16.1. The minimum atomic E-state index is -0.641.